The summed E-state index contributed by atoms with van der Waals surface area (Å²) in [5.74, 6) is 2.07. The van der Waals surface area contributed by atoms with Gasteiger partial charge in [0.25, 0.3) is 11.8 Å². The Morgan fingerprint density at radius 2 is 1.20 bits per heavy atom. The second-order valence-corrected chi connectivity index (χ2v) is 19.7. The van der Waals surface area contributed by atoms with Gasteiger partial charge in [0.1, 0.15) is 31.4 Å². The van der Waals surface area contributed by atoms with Gasteiger partial charge in [0, 0.05) is 110 Å². The summed E-state index contributed by atoms with van der Waals surface area (Å²) in [4.78, 5) is 59.1. The van der Waals surface area contributed by atoms with E-state index in [9.17, 15) is 9.59 Å². The van der Waals surface area contributed by atoms with Crippen molar-refractivity contribution < 1.29 is 9.59 Å². The van der Waals surface area contributed by atoms with Crippen molar-refractivity contribution in [3.8, 4) is 21.1 Å². The average molecular weight is 1030 g/mol. The molecule has 0 spiro atoms. The molecule has 3 N–H and O–H groups in total. The van der Waals surface area contributed by atoms with Crippen molar-refractivity contribution in [1.82, 2.24) is 45.9 Å². The SMILES string of the molecule is CN[C@@H]1CCCC[C@H]1NC.Ic1cccnc1.O=C1NCCc2nc(-c3ccc(N4CCCC4)nc3)sc21.O=C1c2sc(-c3ccc(N4CCCC4)nc3)nc2CCN1c1cccnc1. The number of aromatic nitrogens is 6. The Morgan fingerprint density at radius 1 is 0.646 bits per heavy atom. The van der Waals surface area contributed by atoms with E-state index < -0.39 is 0 Å². The lowest BCUT2D eigenvalue weighted by atomic mass is 9.91. The number of amides is 2. The zero-order valence-corrected chi connectivity index (χ0v) is 40.9. The summed E-state index contributed by atoms with van der Waals surface area (Å²) in [6.45, 7) is 5.66. The maximum absolute atomic E-state index is 12.9. The number of pyridine rings is 4. The van der Waals surface area contributed by atoms with Crippen LogP contribution in [-0.4, -0.2) is 107 Å². The van der Waals surface area contributed by atoms with E-state index in [2.05, 4.69) is 112 Å². The van der Waals surface area contributed by atoms with Gasteiger partial charge in [-0.1, -0.05) is 12.8 Å². The Bertz CT molecular complexity index is 2430. The van der Waals surface area contributed by atoms with Crippen molar-refractivity contribution in [2.75, 3.05) is 68.1 Å². The molecule has 6 aromatic heterocycles. The average Bonchev–Trinajstić information content (AvgIpc) is 4.22. The summed E-state index contributed by atoms with van der Waals surface area (Å²) in [6, 6.07) is 17.3. The molecule has 17 heteroatoms. The first-order valence-electron chi connectivity index (χ1n) is 22.7. The lowest BCUT2D eigenvalue weighted by Gasteiger charge is -2.30. The van der Waals surface area contributed by atoms with Gasteiger partial charge in [-0.3, -0.25) is 19.6 Å². The highest BCUT2D eigenvalue weighted by Gasteiger charge is 2.30. The number of hydrogen-bond donors (Lipinski definition) is 3. The van der Waals surface area contributed by atoms with Crippen molar-refractivity contribution in [1.29, 1.82) is 0 Å². The first-order chi connectivity index (χ1) is 31.9. The number of fused-ring (bicyclic) bond motifs is 2. The summed E-state index contributed by atoms with van der Waals surface area (Å²) in [7, 11) is 4.11. The minimum absolute atomic E-state index is 0.00152. The molecule has 340 valence electrons. The van der Waals surface area contributed by atoms with Crippen molar-refractivity contribution >= 4 is 74.4 Å². The van der Waals surface area contributed by atoms with Gasteiger partial charge in [-0.25, -0.2) is 19.9 Å². The molecule has 4 aliphatic heterocycles. The third kappa shape index (κ3) is 11.9. The van der Waals surface area contributed by atoms with Gasteiger partial charge in [-0.15, -0.1) is 22.7 Å². The molecule has 1 aliphatic carbocycles. The third-order valence-electron chi connectivity index (χ3n) is 12.2. The van der Waals surface area contributed by atoms with Crippen LogP contribution in [0.3, 0.4) is 0 Å². The minimum Gasteiger partial charge on any atom is -0.357 e. The van der Waals surface area contributed by atoms with Crippen molar-refractivity contribution in [3.63, 3.8) is 0 Å². The number of nitrogens with zero attached hydrogens (tertiary/aromatic N) is 9. The summed E-state index contributed by atoms with van der Waals surface area (Å²) in [6.07, 6.45) is 22.8. The first kappa shape index (κ1) is 46.6. The highest BCUT2D eigenvalue weighted by Crippen LogP contribution is 2.34. The highest BCUT2D eigenvalue weighted by atomic mass is 127. The molecule has 11 rings (SSSR count). The van der Waals surface area contributed by atoms with Crippen molar-refractivity contribution in [3.05, 3.63) is 110 Å². The summed E-state index contributed by atoms with van der Waals surface area (Å²) < 4.78 is 1.18. The van der Waals surface area contributed by atoms with Gasteiger partial charge in [0.15, 0.2) is 0 Å². The maximum atomic E-state index is 12.9. The van der Waals surface area contributed by atoms with E-state index in [1.54, 1.807) is 23.5 Å². The van der Waals surface area contributed by atoms with Crippen LogP contribution >= 0.6 is 45.3 Å². The molecule has 0 unspecified atom stereocenters. The van der Waals surface area contributed by atoms with Gasteiger partial charge < -0.3 is 30.7 Å². The fraction of sp³-hybridized carbons (Fsp3) is 0.417. The van der Waals surface area contributed by atoms with Crippen molar-refractivity contribution in [2.24, 2.45) is 0 Å². The third-order valence-corrected chi connectivity index (χ3v) is 15.1. The minimum atomic E-state index is 0.00152. The molecule has 0 aromatic carbocycles. The second-order valence-electron chi connectivity index (χ2n) is 16.5. The number of rotatable bonds is 7. The van der Waals surface area contributed by atoms with Gasteiger partial charge in [0.05, 0.1) is 23.3 Å². The van der Waals surface area contributed by atoms with E-state index in [0.29, 0.717) is 25.2 Å². The van der Waals surface area contributed by atoms with Gasteiger partial charge in [-0.05, 0) is 124 Å². The molecule has 6 aromatic rings. The molecule has 2 atom stereocenters. The van der Waals surface area contributed by atoms with E-state index in [1.165, 1.54) is 77.6 Å². The highest BCUT2D eigenvalue weighted by molar-refractivity contribution is 14.1. The zero-order valence-electron chi connectivity index (χ0n) is 37.1. The summed E-state index contributed by atoms with van der Waals surface area (Å²) in [5, 5.41) is 11.3. The lowest BCUT2D eigenvalue weighted by Crippen LogP contribution is -2.47. The number of nitrogens with one attached hydrogen (secondary N) is 3. The van der Waals surface area contributed by atoms with Crippen LogP contribution in [0.2, 0.25) is 0 Å². The Balaban J connectivity index is 0.000000133. The Labute approximate surface area is 403 Å². The van der Waals surface area contributed by atoms with Crippen LogP contribution < -0.4 is 30.7 Å². The summed E-state index contributed by atoms with van der Waals surface area (Å²) >= 11 is 5.13. The fourth-order valence-corrected chi connectivity index (χ4v) is 11.1. The van der Waals surface area contributed by atoms with E-state index >= 15 is 0 Å². The van der Waals surface area contributed by atoms with E-state index in [-0.39, 0.29) is 11.8 Å². The number of carbonyl (C=O) groups is 2. The Hall–Kier alpha value is -4.95. The predicted molar refractivity (Wildman–Crippen MR) is 270 cm³/mol. The van der Waals surface area contributed by atoms with Crippen LogP contribution in [0.1, 0.15) is 82.1 Å². The molecule has 3 fully saturated rings. The number of carbonyl (C=O) groups excluding carboxylic acids is 2. The number of likely N-dealkylation sites (N-methyl/N-ethyl adjacent to an activating group) is 2. The van der Waals surface area contributed by atoms with Crippen LogP contribution in [0.25, 0.3) is 21.1 Å². The summed E-state index contributed by atoms with van der Waals surface area (Å²) in [5.41, 5.74) is 4.61. The van der Waals surface area contributed by atoms with Gasteiger partial charge in [-0.2, -0.15) is 0 Å². The number of hydrogen-bond acceptors (Lipinski definition) is 14. The molecule has 2 saturated heterocycles. The molecule has 2 amide bonds. The molecule has 1 saturated carbocycles. The topological polar surface area (TPSA) is 157 Å². The van der Waals surface area contributed by atoms with E-state index in [0.717, 1.165) is 98.6 Å². The molecule has 0 bridgehead atoms. The zero-order chi connectivity index (χ0) is 45.0. The van der Waals surface area contributed by atoms with Crippen LogP contribution in [0.4, 0.5) is 17.3 Å². The normalized spacial score (nSPS) is 18.8. The standard InChI is InChI=1S/C20H19N5OS.C15H16N4OS.C8H18N2.C5H4IN/c26-20-18-16(7-11-25(20)15-4-3-8-21-13-15)23-19(27-18)14-5-6-17(22-12-14)24-9-1-2-10-24;20-14-13-11(5-6-16-14)18-15(21-13)10-3-4-12(17-9-10)19-7-1-2-8-19;1-9-7-5-3-4-6-8(7)10-2;6-5-2-1-3-7-4-5/h3-6,8,12-13H,1-2,7,9-11H2;3-4,9H,1-2,5-8H2,(H,16,20);7-10H,3-6H2,1-2H3;1-4H/t;;7-,8-;/m..1./s1. The monoisotopic (exact) mass is 1020 g/mol. The molecule has 10 heterocycles. The van der Waals surface area contributed by atoms with Crippen LogP contribution in [0.5, 0.6) is 0 Å². The fourth-order valence-electron chi connectivity index (χ4n) is 8.67. The van der Waals surface area contributed by atoms with Crippen LogP contribution in [0.15, 0.2) is 85.7 Å². The second kappa shape index (κ2) is 23.0. The van der Waals surface area contributed by atoms with Gasteiger partial charge >= 0.3 is 0 Å². The molecular weight excluding hydrogens is 968 g/mol. The molecular formula is C48H57IN12O2S2. The maximum Gasteiger partial charge on any atom is 0.270 e. The van der Waals surface area contributed by atoms with E-state index in [4.69, 9.17) is 4.98 Å². The van der Waals surface area contributed by atoms with Crippen molar-refractivity contribution in [2.45, 2.75) is 76.3 Å². The number of halogens is 1. The molecule has 0 radical (unpaired) electrons. The molecule has 14 nitrogen and oxygen atoms in total. The number of thiazole rings is 2. The van der Waals surface area contributed by atoms with Crippen LogP contribution in [0, 0.1) is 3.57 Å². The van der Waals surface area contributed by atoms with Gasteiger partial charge in [0.2, 0.25) is 0 Å². The smallest absolute Gasteiger partial charge is 0.270 e. The lowest BCUT2D eigenvalue weighted by molar-refractivity contribution is 0.0948. The van der Waals surface area contributed by atoms with E-state index in [1.807, 2.05) is 42.9 Å². The quantitative estimate of drug-likeness (QED) is 0.133. The first-order valence-corrected chi connectivity index (χ1v) is 25.4. The predicted octanol–water partition coefficient (Wildman–Crippen LogP) is 7.92. The van der Waals surface area contributed by atoms with Crippen LogP contribution in [-0.2, 0) is 12.8 Å². The molecule has 65 heavy (non-hydrogen) atoms. The Morgan fingerprint density at radius 3 is 1.66 bits per heavy atom. The Kier molecular flexibility index (Phi) is 16.5. The number of anilines is 3. The molecule has 5 aliphatic rings. The largest absolute Gasteiger partial charge is 0.357 e.